The van der Waals surface area contributed by atoms with Gasteiger partial charge in [0, 0.05) is 6.54 Å². The van der Waals surface area contributed by atoms with E-state index in [4.69, 9.17) is 4.74 Å². The van der Waals surface area contributed by atoms with Crippen molar-refractivity contribution in [2.24, 2.45) is 5.92 Å². The first-order valence-corrected chi connectivity index (χ1v) is 8.84. The SMILES string of the molecule is COc1ccc(C(NC(=O)NCC(O)c2ccsc2)C(C)C)cc1. The van der Waals surface area contributed by atoms with Crippen molar-refractivity contribution in [2.75, 3.05) is 13.7 Å². The van der Waals surface area contributed by atoms with Crippen molar-refractivity contribution in [2.45, 2.75) is 26.0 Å². The van der Waals surface area contributed by atoms with Gasteiger partial charge in [-0.15, -0.1) is 0 Å². The van der Waals surface area contributed by atoms with Gasteiger partial charge in [-0.1, -0.05) is 26.0 Å². The van der Waals surface area contributed by atoms with Crippen LogP contribution < -0.4 is 15.4 Å². The lowest BCUT2D eigenvalue weighted by Crippen LogP contribution is -2.41. The van der Waals surface area contributed by atoms with Crippen LogP contribution >= 0.6 is 11.3 Å². The first-order chi connectivity index (χ1) is 11.5. The number of carbonyl (C=O) groups is 1. The highest BCUT2D eigenvalue weighted by atomic mass is 32.1. The van der Waals surface area contributed by atoms with Crippen molar-refractivity contribution in [3.8, 4) is 5.75 Å². The van der Waals surface area contributed by atoms with Crippen molar-refractivity contribution in [1.29, 1.82) is 0 Å². The summed E-state index contributed by atoms with van der Waals surface area (Å²) in [6.45, 7) is 4.28. The molecule has 0 fully saturated rings. The van der Waals surface area contributed by atoms with E-state index in [-0.39, 0.29) is 24.5 Å². The van der Waals surface area contributed by atoms with Crippen molar-refractivity contribution >= 4 is 17.4 Å². The van der Waals surface area contributed by atoms with Gasteiger partial charge in [-0.3, -0.25) is 0 Å². The van der Waals surface area contributed by atoms with Crippen molar-refractivity contribution in [3.63, 3.8) is 0 Å². The van der Waals surface area contributed by atoms with Gasteiger partial charge in [0.2, 0.25) is 0 Å². The van der Waals surface area contributed by atoms with E-state index in [1.165, 1.54) is 11.3 Å². The third kappa shape index (κ3) is 4.97. The van der Waals surface area contributed by atoms with E-state index in [0.29, 0.717) is 0 Å². The molecule has 24 heavy (non-hydrogen) atoms. The number of aliphatic hydroxyl groups excluding tert-OH is 1. The largest absolute Gasteiger partial charge is 0.497 e. The summed E-state index contributed by atoms with van der Waals surface area (Å²) in [7, 11) is 1.62. The van der Waals surface area contributed by atoms with Gasteiger partial charge in [-0.25, -0.2) is 4.79 Å². The third-order valence-corrected chi connectivity index (χ3v) is 4.51. The average Bonchev–Trinajstić information content (AvgIpc) is 3.12. The summed E-state index contributed by atoms with van der Waals surface area (Å²) in [5.41, 5.74) is 1.83. The van der Waals surface area contributed by atoms with Gasteiger partial charge in [-0.05, 0) is 46.0 Å². The van der Waals surface area contributed by atoms with Gasteiger partial charge in [-0.2, -0.15) is 11.3 Å². The van der Waals surface area contributed by atoms with Gasteiger partial charge >= 0.3 is 6.03 Å². The molecule has 0 radical (unpaired) electrons. The molecule has 0 aliphatic rings. The monoisotopic (exact) mass is 348 g/mol. The number of hydrogen-bond donors (Lipinski definition) is 3. The van der Waals surface area contributed by atoms with E-state index in [9.17, 15) is 9.90 Å². The van der Waals surface area contributed by atoms with Crippen molar-refractivity contribution in [3.05, 3.63) is 52.2 Å². The molecule has 0 aliphatic heterocycles. The van der Waals surface area contributed by atoms with E-state index in [1.807, 2.05) is 41.1 Å². The van der Waals surface area contributed by atoms with Crippen LogP contribution in [-0.4, -0.2) is 24.8 Å². The van der Waals surface area contributed by atoms with Gasteiger partial charge in [0.25, 0.3) is 0 Å². The Labute approximate surface area is 146 Å². The molecule has 3 N–H and O–H groups in total. The lowest BCUT2D eigenvalue weighted by atomic mass is 9.96. The van der Waals surface area contributed by atoms with Crippen LogP contribution in [0, 0.1) is 5.92 Å². The van der Waals surface area contributed by atoms with E-state index < -0.39 is 6.10 Å². The fraction of sp³-hybridized carbons (Fsp3) is 0.389. The number of ether oxygens (including phenoxy) is 1. The first kappa shape index (κ1) is 18.3. The molecule has 0 aliphatic carbocycles. The number of urea groups is 1. The van der Waals surface area contributed by atoms with Crippen molar-refractivity contribution < 1.29 is 14.6 Å². The average molecular weight is 348 g/mol. The molecule has 6 heteroatoms. The van der Waals surface area contributed by atoms with Crippen LogP contribution in [0.2, 0.25) is 0 Å². The number of carbonyl (C=O) groups excluding carboxylic acids is 1. The van der Waals surface area contributed by atoms with Gasteiger partial charge < -0.3 is 20.5 Å². The Morgan fingerprint density at radius 2 is 1.92 bits per heavy atom. The second kappa shape index (κ2) is 8.70. The molecule has 2 amide bonds. The first-order valence-electron chi connectivity index (χ1n) is 7.89. The normalized spacial score (nSPS) is 13.4. The Kier molecular flexibility index (Phi) is 6.63. The minimum Gasteiger partial charge on any atom is -0.497 e. The predicted octanol–water partition coefficient (Wildman–Crippen LogP) is 3.49. The zero-order chi connectivity index (χ0) is 17.5. The summed E-state index contributed by atoms with van der Waals surface area (Å²) >= 11 is 1.52. The molecule has 2 unspecified atom stereocenters. The highest BCUT2D eigenvalue weighted by molar-refractivity contribution is 7.07. The quantitative estimate of drug-likeness (QED) is 0.717. The molecule has 0 bridgehead atoms. The van der Waals surface area contributed by atoms with Gasteiger partial charge in [0.1, 0.15) is 5.75 Å². The summed E-state index contributed by atoms with van der Waals surface area (Å²) in [4.78, 5) is 12.2. The lowest BCUT2D eigenvalue weighted by Gasteiger charge is -2.23. The molecule has 0 saturated carbocycles. The Morgan fingerprint density at radius 1 is 1.21 bits per heavy atom. The van der Waals surface area contributed by atoms with Gasteiger partial charge in [0.05, 0.1) is 19.3 Å². The zero-order valence-corrected chi connectivity index (χ0v) is 15.0. The van der Waals surface area contributed by atoms with Crippen LogP contribution in [0.1, 0.15) is 37.1 Å². The standard InChI is InChI=1S/C18H24N2O3S/c1-12(2)17(13-4-6-15(23-3)7-5-13)20-18(22)19-10-16(21)14-8-9-24-11-14/h4-9,11-12,16-17,21H,10H2,1-3H3,(H2,19,20,22). The van der Waals surface area contributed by atoms with E-state index >= 15 is 0 Å². The molecule has 130 valence electrons. The molecular weight excluding hydrogens is 324 g/mol. The van der Waals surface area contributed by atoms with E-state index in [0.717, 1.165) is 16.9 Å². The molecule has 2 atom stereocenters. The maximum Gasteiger partial charge on any atom is 0.315 e. The number of aliphatic hydroxyl groups is 1. The third-order valence-electron chi connectivity index (χ3n) is 3.81. The van der Waals surface area contributed by atoms with Crippen LogP contribution in [-0.2, 0) is 0 Å². The summed E-state index contributed by atoms with van der Waals surface area (Å²) < 4.78 is 5.16. The molecular formula is C18H24N2O3S. The van der Waals surface area contributed by atoms with Crippen LogP contribution in [0.3, 0.4) is 0 Å². The van der Waals surface area contributed by atoms with Crippen LogP contribution in [0.4, 0.5) is 4.79 Å². The molecule has 5 nitrogen and oxygen atoms in total. The maximum absolute atomic E-state index is 12.2. The topological polar surface area (TPSA) is 70.6 Å². The van der Waals surface area contributed by atoms with E-state index in [1.54, 1.807) is 7.11 Å². The molecule has 1 aromatic carbocycles. The molecule has 2 rings (SSSR count). The number of thiophene rings is 1. The van der Waals surface area contributed by atoms with E-state index in [2.05, 4.69) is 24.5 Å². The highest BCUT2D eigenvalue weighted by Crippen LogP contribution is 2.24. The number of benzene rings is 1. The minimum atomic E-state index is -0.694. The van der Waals surface area contributed by atoms with Crippen LogP contribution in [0.25, 0.3) is 0 Å². The molecule has 1 aromatic heterocycles. The maximum atomic E-state index is 12.2. The smallest absolute Gasteiger partial charge is 0.315 e. The molecule has 0 saturated heterocycles. The lowest BCUT2D eigenvalue weighted by molar-refractivity contribution is 0.172. The molecule has 2 aromatic rings. The summed E-state index contributed by atoms with van der Waals surface area (Å²) in [5.74, 6) is 1.01. The summed E-state index contributed by atoms with van der Waals surface area (Å²) in [6, 6.07) is 9.10. The summed E-state index contributed by atoms with van der Waals surface area (Å²) in [5, 5.41) is 19.5. The van der Waals surface area contributed by atoms with Gasteiger partial charge in [0.15, 0.2) is 0 Å². The number of methoxy groups -OCH3 is 1. The second-order valence-electron chi connectivity index (χ2n) is 5.92. The molecule has 0 spiro atoms. The Balaban J connectivity index is 1.93. The number of nitrogens with one attached hydrogen (secondary N) is 2. The fourth-order valence-corrected chi connectivity index (χ4v) is 3.12. The Bertz CT molecular complexity index is 626. The fourth-order valence-electron chi connectivity index (χ4n) is 2.41. The highest BCUT2D eigenvalue weighted by Gasteiger charge is 2.19. The van der Waals surface area contributed by atoms with Crippen LogP contribution in [0.15, 0.2) is 41.1 Å². The minimum absolute atomic E-state index is 0.116. The number of amides is 2. The Morgan fingerprint density at radius 3 is 2.46 bits per heavy atom. The second-order valence-corrected chi connectivity index (χ2v) is 6.70. The Hall–Kier alpha value is -2.05. The number of rotatable bonds is 7. The number of hydrogen-bond acceptors (Lipinski definition) is 4. The van der Waals surface area contributed by atoms with Crippen LogP contribution in [0.5, 0.6) is 5.75 Å². The molecule has 1 heterocycles. The summed E-state index contributed by atoms with van der Waals surface area (Å²) in [6.07, 6.45) is -0.694. The zero-order valence-electron chi connectivity index (χ0n) is 14.2. The predicted molar refractivity (Wildman–Crippen MR) is 96.4 cm³/mol. The van der Waals surface area contributed by atoms with Crippen molar-refractivity contribution in [1.82, 2.24) is 10.6 Å².